The summed E-state index contributed by atoms with van der Waals surface area (Å²) in [5, 5.41) is 10.5. The van der Waals surface area contributed by atoms with Gasteiger partial charge in [0.25, 0.3) is 0 Å². The van der Waals surface area contributed by atoms with E-state index < -0.39 is 6.10 Å². The predicted molar refractivity (Wildman–Crippen MR) is 101 cm³/mol. The monoisotopic (exact) mass is 338 g/mol. The fraction of sp³-hybridized carbons (Fsp3) is 0.381. The van der Waals surface area contributed by atoms with Crippen LogP contribution >= 0.6 is 0 Å². The third kappa shape index (κ3) is 4.02. The summed E-state index contributed by atoms with van der Waals surface area (Å²) in [6, 6.07) is 14.2. The Kier molecular flexibility index (Phi) is 5.39. The maximum absolute atomic E-state index is 10.5. The van der Waals surface area contributed by atoms with Crippen LogP contribution in [-0.4, -0.2) is 27.4 Å². The molecule has 1 heterocycles. The molecule has 0 fully saturated rings. The first kappa shape index (κ1) is 17.5. The second kappa shape index (κ2) is 7.70. The van der Waals surface area contributed by atoms with E-state index in [1.54, 1.807) is 0 Å². The second-order valence-corrected chi connectivity index (χ2v) is 6.61. The highest BCUT2D eigenvalue weighted by molar-refractivity contribution is 5.75. The highest BCUT2D eigenvalue weighted by atomic mass is 16.5. The molecule has 1 atom stereocenters. The number of fused-ring (bicyclic) bond motifs is 1. The molecule has 0 radical (unpaired) electrons. The highest BCUT2D eigenvalue weighted by Crippen LogP contribution is 2.20. The number of aliphatic hydroxyl groups excluding tert-OH is 1. The summed E-state index contributed by atoms with van der Waals surface area (Å²) in [4.78, 5) is 4.71. The van der Waals surface area contributed by atoms with Gasteiger partial charge in [-0.05, 0) is 44.0 Å². The van der Waals surface area contributed by atoms with Crippen LogP contribution in [0.15, 0.2) is 42.5 Å². The van der Waals surface area contributed by atoms with Gasteiger partial charge in [0.1, 0.15) is 24.3 Å². The van der Waals surface area contributed by atoms with E-state index in [2.05, 4.69) is 30.5 Å². The van der Waals surface area contributed by atoms with Gasteiger partial charge in [0.2, 0.25) is 0 Å². The van der Waals surface area contributed by atoms with Crippen molar-refractivity contribution >= 4 is 11.0 Å². The molecule has 1 aromatic heterocycles. The van der Waals surface area contributed by atoms with Crippen molar-refractivity contribution in [2.24, 2.45) is 0 Å². The molecule has 0 aliphatic carbocycles. The molecule has 0 aliphatic rings. The lowest BCUT2D eigenvalue weighted by Crippen LogP contribution is -2.24. The molecule has 3 rings (SSSR count). The van der Waals surface area contributed by atoms with Crippen LogP contribution in [0.1, 0.15) is 30.3 Å². The lowest BCUT2D eigenvalue weighted by atomic mass is 10.1. The van der Waals surface area contributed by atoms with Crippen molar-refractivity contribution in [2.45, 2.75) is 46.3 Å². The number of para-hydroxylation sites is 2. The van der Waals surface area contributed by atoms with E-state index in [4.69, 9.17) is 9.72 Å². The predicted octanol–water partition coefficient (Wildman–Crippen LogP) is 4.05. The molecule has 3 aromatic rings. The quantitative estimate of drug-likeness (QED) is 0.707. The van der Waals surface area contributed by atoms with Crippen molar-refractivity contribution in [1.29, 1.82) is 0 Å². The van der Waals surface area contributed by atoms with Gasteiger partial charge in [-0.3, -0.25) is 0 Å². The van der Waals surface area contributed by atoms with Crippen molar-refractivity contribution < 1.29 is 9.84 Å². The standard InChI is InChI=1S/C21H26N2O2/c1-4-7-21-22-18-8-5-6-9-19(18)23(21)13-17(24)14-25-20-11-10-15(2)12-16(20)3/h5-6,8-12,17,24H,4,7,13-14H2,1-3H3/t17-/m1/s1. The van der Waals surface area contributed by atoms with Gasteiger partial charge in [-0.25, -0.2) is 4.98 Å². The lowest BCUT2D eigenvalue weighted by molar-refractivity contribution is 0.0924. The fourth-order valence-electron chi connectivity index (χ4n) is 3.15. The number of aliphatic hydroxyl groups is 1. The average Bonchev–Trinajstić information content (AvgIpc) is 2.92. The maximum Gasteiger partial charge on any atom is 0.122 e. The lowest BCUT2D eigenvalue weighted by Gasteiger charge is -2.16. The average molecular weight is 338 g/mol. The Balaban J connectivity index is 1.73. The zero-order valence-corrected chi connectivity index (χ0v) is 15.2. The van der Waals surface area contributed by atoms with E-state index in [1.807, 2.05) is 37.3 Å². The Morgan fingerprint density at radius 1 is 1.16 bits per heavy atom. The smallest absolute Gasteiger partial charge is 0.122 e. The summed E-state index contributed by atoms with van der Waals surface area (Å²) in [6.45, 7) is 6.98. The molecule has 25 heavy (non-hydrogen) atoms. The molecule has 2 aromatic carbocycles. The van der Waals surface area contributed by atoms with Gasteiger partial charge in [-0.15, -0.1) is 0 Å². The minimum atomic E-state index is -0.589. The molecule has 0 saturated carbocycles. The molecule has 4 heteroatoms. The largest absolute Gasteiger partial charge is 0.491 e. The second-order valence-electron chi connectivity index (χ2n) is 6.61. The minimum Gasteiger partial charge on any atom is -0.491 e. The van der Waals surface area contributed by atoms with Crippen LogP contribution in [0.2, 0.25) is 0 Å². The van der Waals surface area contributed by atoms with Crippen molar-refractivity contribution in [2.75, 3.05) is 6.61 Å². The van der Waals surface area contributed by atoms with E-state index in [1.165, 1.54) is 5.56 Å². The SMILES string of the molecule is CCCc1nc2ccccc2n1C[C@@H](O)COc1ccc(C)cc1C. The topological polar surface area (TPSA) is 47.3 Å². The van der Waals surface area contributed by atoms with Crippen LogP contribution < -0.4 is 4.74 Å². The number of benzene rings is 2. The summed E-state index contributed by atoms with van der Waals surface area (Å²) in [7, 11) is 0. The third-order valence-electron chi connectivity index (χ3n) is 4.36. The van der Waals surface area contributed by atoms with E-state index in [0.29, 0.717) is 6.54 Å². The van der Waals surface area contributed by atoms with Crippen molar-refractivity contribution in [3.63, 3.8) is 0 Å². The van der Waals surface area contributed by atoms with Crippen LogP contribution in [0.5, 0.6) is 5.75 Å². The van der Waals surface area contributed by atoms with Gasteiger partial charge in [-0.2, -0.15) is 0 Å². The fourth-order valence-corrected chi connectivity index (χ4v) is 3.15. The molecular weight excluding hydrogens is 312 g/mol. The van der Waals surface area contributed by atoms with Gasteiger partial charge < -0.3 is 14.4 Å². The number of nitrogens with zero attached hydrogens (tertiary/aromatic N) is 2. The summed E-state index contributed by atoms with van der Waals surface area (Å²) < 4.78 is 7.95. The zero-order chi connectivity index (χ0) is 17.8. The minimum absolute atomic E-state index is 0.266. The van der Waals surface area contributed by atoms with Crippen LogP contribution in [0.4, 0.5) is 0 Å². The zero-order valence-electron chi connectivity index (χ0n) is 15.2. The third-order valence-corrected chi connectivity index (χ3v) is 4.36. The van der Waals surface area contributed by atoms with Crippen LogP contribution in [0, 0.1) is 13.8 Å². The molecule has 0 unspecified atom stereocenters. The Hall–Kier alpha value is -2.33. The first-order valence-corrected chi connectivity index (χ1v) is 8.90. The number of rotatable bonds is 7. The molecule has 132 valence electrons. The van der Waals surface area contributed by atoms with Crippen LogP contribution in [0.3, 0.4) is 0 Å². The molecule has 0 saturated heterocycles. The molecule has 4 nitrogen and oxygen atoms in total. The molecular formula is C21H26N2O2. The van der Waals surface area contributed by atoms with E-state index in [0.717, 1.165) is 41.0 Å². The summed E-state index contributed by atoms with van der Waals surface area (Å²) in [6.07, 6.45) is 1.34. The number of aromatic nitrogens is 2. The number of ether oxygens (including phenoxy) is 1. The van der Waals surface area contributed by atoms with Crippen LogP contribution in [-0.2, 0) is 13.0 Å². The Labute approximate surface area is 149 Å². The number of hydrogen-bond acceptors (Lipinski definition) is 3. The van der Waals surface area contributed by atoms with Crippen molar-refractivity contribution in [3.05, 3.63) is 59.4 Å². The highest BCUT2D eigenvalue weighted by Gasteiger charge is 2.14. The van der Waals surface area contributed by atoms with Gasteiger partial charge in [-0.1, -0.05) is 36.8 Å². The van der Waals surface area contributed by atoms with E-state index >= 15 is 0 Å². The Morgan fingerprint density at radius 2 is 1.96 bits per heavy atom. The maximum atomic E-state index is 10.5. The van der Waals surface area contributed by atoms with Gasteiger partial charge >= 0.3 is 0 Å². The number of imidazole rings is 1. The molecule has 0 spiro atoms. The van der Waals surface area contributed by atoms with E-state index in [-0.39, 0.29) is 6.61 Å². The van der Waals surface area contributed by atoms with Crippen molar-refractivity contribution in [3.8, 4) is 5.75 Å². The normalized spacial score (nSPS) is 12.5. The molecule has 0 bridgehead atoms. The van der Waals surface area contributed by atoms with Gasteiger partial charge in [0.05, 0.1) is 17.6 Å². The first-order chi connectivity index (χ1) is 12.1. The molecule has 1 N–H and O–H groups in total. The summed E-state index contributed by atoms with van der Waals surface area (Å²) in [5.74, 6) is 1.85. The first-order valence-electron chi connectivity index (χ1n) is 8.90. The number of hydrogen-bond donors (Lipinski definition) is 1. The Bertz CT molecular complexity index is 854. The number of aryl methyl sites for hydroxylation is 3. The summed E-state index contributed by atoms with van der Waals surface area (Å²) >= 11 is 0. The van der Waals surface area contributed by atoms with Gasteiger partial charge in [0, 0.05) is 6.42 Å². The van der Waals surface area contributed by atoms with Crippen LogP contribution in [0.25, 0.3) is 11.0 Å². The van der Waals surface area contributed by atoms with Gasteiger partial charge in [0.15, 0.2) is 0 Å². The molecule has 0 amide bonds. The Morgan fingerprint density at radius 3 is 2.72 bits per heavy atom. The van der Waals surface area contributed by atoms with Crippen molar-refractivity contribution in [1.82, 2.24) is 9.55 Å². The van der Waals surface area contributed by atoms with E-state index in [9.17, 15) is 5.11 Å². The molecule has 0 aliphatic heterocycles. The summed E-state index contributed by atoms with van der Waals surface area (Å²) in [5.41, 5.74) is 4.34.